The number of carbonyl (C=O) groups is 1. The fourth-order valence-electron chi connectivity index (χ4n) is 2.55. The Morgan fingerprint density at radius 3 is 2.52 bits per heavy atom. The van der Waals surface area contributed by atoms with E-state index in [1.165, 1.54) is 24.3 Å². The standard InChI is InChI=1S/C16H17F3N4OS/c1-23-9-8-20-14(23)13(10-2-3-10)22-15(24)21-11-4-6-12(7-5-11)25-16(17,18)19/h4-10,13H,2-3H2,1H3,(H2,21,22,24). The van der Waals surface area contributed by atoms with Gasteiger partial charge in [0.15, 0.2) is 0 Å². The van der Waals surface area contributed by atoms with Gasteiger partial charge in [0.05, 0.1) is 6.04 Å². The summed E-state index contributed by atoms with van der Waals surface area (Å²) in [7, 11) is 1.87. The highest BCUT2D eigenvalue weighted by Crippen LogP contribution is 2.40. The average Bonchev–Trinajstić information content (AvgIpc) is 3.27. The van der Waals surface area contributed by atoms with E-state index < -0.39 is 11.5 Å². The van der Waals surface area contributed by atoms with Crippen LogP contribution in [0.5, 0.6) is 0 Å². The highest BCUT2D eigenvalue weighted by molar-refractivity contribution is 8.00. The number of anilines is 1. The zero-order valence-corrected chi connectivity index (χ0v) is 14.2. The number of imidazole rings is 1. The van der Waals surface area contributed by atoms with Crippen molar-refractivity contribution >= 4 is 23.5 Å². The summed E-state index contributed by atoms with van der Waals surface area (Å²) in [5.74, 6) is 1.15. The number of nitrogens with one attached hydrogen (secondary N) is 2. The molecule has 9 heteroatoms. The first-order valence-electron chi connectivity index (χ1n) is 7.72. The van der Waals surface area contributed by atoms with Crippen LogP contribution in [-0.4, -0.2) is 21.1 Å². The molecule has 5 nitrogen and oxygen atoms in total. The van der Waals surface area contributed by atoms with Crippen molar-refractivity contribution in [1.29, 1.82) is 0 Å². The molecule has 1 aliphatic carbocycles. The molecule has 134 valence electrons. The van der Waals surface area contributed by atoms with Gasteiger partial charge in [-0.2, -0.15) is 13.2 Å². The summed E-state index contributed by atoms with van der Waals surface area (Å²) >= 11 is -0.188. The molecule has 25 heavy (non-hydrogen) atoms. The summed E-state index contributed by atoms with van der Waals surface area (Å²) in [6.45, 7) is 0. The van der Waals surface area contributed by atoms with Crippen molar-refractivity contribution in [2.24, 2.45) is 13.0 Å². The van der Waals surface area contributed by atoms with Crippen molar-refractivity contribution in [2.45, 2.75) is 29.3 Å². The maximum atomic E-state index is 12.3. The second kappa shape index (κ2) is 6.99. The summed E-state index contributed by atoms with van der Waals surface area (Å²) in [5.41, 5.74) is -3.90. The number of halogens is 3. The number of hydrogen-bond acceptors (Lipinski definition) is 3. The predicted octanol–water partition coefficient (Wildman–Crippen LogP) is 4.30. The van der Waals surface area contributed by atoms with E-state index in [2.05, 4.69) is 15.6 Å². The van der Waals surface area contributed by atoms with Crippen LogP contribution in [0.4, 0.5) is 23.7 Å². The number of aromatic nitrogens is 2. The Morgan fingerprint density at radius 2 is 2.00 bits per heavy atom. The minimum Gasteiger partial charge on any atom is -0.336 e. The van der Waals surface area contributed by atoms with Gasteiger partial charge in [-0.15, -0.1) is 0 Å². The highest BCUT2D eigenvalue weighted by Gasteiger charge is 2.35. The van der Waals surface area contributed by atoms with Gasteiger partial charge in [0.25, 0.3) is 0 Å². The average molecular weight is 370 g/mol. The molecule has 1 aliphatic rings. The van der Waals surface area contributed by atoms with Crippen molar-refractivity contribution < 1.29 is 18.0 Å². The van der Waals surface area contributed by atoms with Gasteiger partial charge in [0, 0.05) is 30.0 Å². The fourth-order valence-corrected chi connectivity index (χ4v) is 3.09. The van der Waals surface area contributed by atoms with Crippen LogP contribution in [0.15, 0.2) is 41.6 Å². The molecule has 2 N–H and O–H groups in total. The molecule has 0 bridgehead atoms. The molecule has 1 aromatic carbocycles. The zero-order valence-electron chi connectivity index (χ0n) is 13.4. The number of nitrogens with zero attached hydrogens (tertiary/aromatic N) is 2. The number of urea groups is 1. The van der Waals surface area contributed by atoms with E-state index >= 15 is 0 Å². The second-order valence-electron chi connectivity index (χ2n) is 5.88. The molecule has 1 aromatic heterocycles. The number of hydrogen-bond donors (Lipinski definition) is 2. The third kappa shape index (κ3) is 4.91. The van der Waals surface area contributed by atoms with Gasteiger partial charge < -0.3 is 15.2 Å². The van der Waals surface area contributed by atoms with E-state index in [9.17, 15) is 18.0 Å². The first kappa shape index (κ1) is 17.7. The van der Waals surface area contributed by atoms with Crippen LogP contribution in [-0.2, 0) is 7.05 Å². The molecule has 1 unspecified atom stereocenters. The Bertz CT molecular complexity index is 741. The van der Waals surface area contributed by atoms with Gasteiger partial charge in [-0.05, 0) is 54.8 Å². The summed E-state index contributed by atoms with van der Waals surface area (Å²) in [6, 6.07) is 4.95. The Morgan fingerprint density at radius 1 is 1.32 bits per heavy atom. The van der Waals surface area contributed by atoms with Crippen LogP contribution in [0.2, 0.25) is 0 Å². The molecule has 2 amide bonds. The minimum atomic E-state index is -4.33. The van der Waals surface area contributed by atoms with Crippen LogP contribution < -0.4 is 10.6 Å². The highest BCUT2D eigenvalue weighted by atomic mass is 32.2. The number of aryl methyl sites for hydroxylation is 1. The molecule has 0 radical (unpaired) electrons. The van der Waals surface area contributed by atoms with Gasteiger partial charge in [0.2, 0.25) is 0 Å². The van der Waals surface area contributed by atoms with E-state index in [1.54, 1.807) is 6.20 Å². The van der Waals surface area contributed by atoms with E-state index in [1.807, 2.05) is 17.8 Å². The number of thioether (sulfide) groups is 1. The molecular formula is C16H17F3N4OS. The number of rotatable bonds is 5. The Labute approximate surface area is 147 Å². The maximum Gasteiger partial charge on any atom is 0.446 e. The first-order valence-corrected chi connectivity index (χ1v) is 8.54. The normalized spacial score (nSPS) is 15.7. The second-order valence-corrected chi connectivity index (χ2v) is 7.02. The van der Waals surface area contributed by atoms with Crippen LogP contribution in [0.1, 0.15) is 24.7 Å². The van der Waals surface area contributed by atoms with Gasteiger partial charge in [-0.1, -0.05) is 0 Å². The molecular weight excluding hydrogens is 353 g/mol. The SMILES string of the molecule is Cn1ccnc1C(NC(=O)Nc1ccc(SC(F)(F)F)cc1)C1CC1. The summed E-state index contributed by atoms with van der Waals surface area (Å²) < 4.78 is 38.8. The molecule has 1 heterocycles. The van der Waals surface area contributed by atoms with Crippen molar-refractivity contribution in [3.8, 4) is 0 Å². The van der Waals surface area contributed by atoms with Gasteiger partial charge in [0.1, 0.15) is 5.82 Å². The lowest BCUT2D eigenvalue weighted by Crippen LogP contribution is -2.35. The smallest absolute Gasteiger partial charge is 0.336 e. The lowest BCUT2D eigenvalue weighted by atomic mass is 10.1. The Hall–Kier alpha value is -2.16. The fraction of sp³-hybridized carbons (Fsp3) is 0.375. The van der Waals surface area contributed by atoms with Gasteiger partial charge in [-0.3, -0.25) is 0 Å². The molecule has 0 saturated heterocycles. The van der Waals surface area contributed by atoms with Crippen molar-refractivity contribution in [3.05, 3.63) is 42.5 Å². The molecule has 1 saturated carbocycles. The number of amides is 2. The van der Waals surface area contributed by atoms with Crippen LogP contribution >= 0.6 is 11.8 Å². The number of alkyl halides is 3. The largest absolute Gasteiger partial charge is 0.446 e. The van der Waals surface area contributed by atoms with E-state index in [0.29, 0.717) is 11.6 Å². The third-order valence-electron chi connectivity index (χ3n) is 3.86. The third-order valence-corrected chi connectivity index (χ3v) is 4.60. The van der Waals surface area contributed by atoms with Crippen molar-refractivity contribution in [1.82, 2.24) is 14.9 Å². The molecule has 3 rings (SSSR count). The number of carbonyl (C=O) groups excluding carboxylic acids is 1. The Kier molecular flexibility index (Phi) is 4.94. The quantitative estimate of drug-likeness (QED) is 0.772. The van der Waals surface area contributed by atoms with Crippen LogP contribution in [0.25, 0.3) is 0 Å². The zero-order chi connectivity index (χ0) is 18.0. The number of benzene rings is 1. The van der Waals surface area contributed by atoms with Gasteiger partial charge >= 0.3 is 11.5 Å². The van der Waals surface area contributed by atoms with Gasteiger partial charge in [-0.25, -0.2) is 9.78 Å². The van der Waals surface area contributed by atoms with E-state index in [0.717, 1.165) is 18.7 Å². The molecule has 1 fully saturated rings. The van der Waals surface area contributed by atoms with E-state index in [-0.39, 0.29) is 22.7 Å². The summed E-state index contributed by atoms with van der Waals surface area (Å²) in [5, 5.41) is 5.55. The van der Waals surface area contributed by atoms with E-state index in [4.69, 9.17) is 0 Å². The summed E-state index contributed by atoms with van der Waals surface area (Å²) in [4.78, 5) is 16.6. The van der Waals surface area contributed by atoms with Crippen molar-refractivity contribution in [3.63, 3.8) is 0 Å². The predicted molar refractivity (Wildman–Crippen MR) is 89.2 cm³/mol. The minimum absolute atomic E-state index is 0.0716. The summed E-state index contributed by atoms with van der Waals surface area (Å²) in [6.07, 6.45) is 5.56. The Balaban J connectivity index is 1.61. The first-order chi connectivity index (χ1) is 11.8. The van der Waals surface area contributed by atoms with Crippen LogP contribution in [0, 0.1) is 5.92 Å². The van der Waals surface area contributed by atoms with Crippen molar-refractivity contribution in [2.75, 3.05) is 5.32 Å². The lowest BCUT2D eigenvalue weighted by Gasteiger charge is -2.18. The topological polar surface area (TPSA) is 59.0 Å². The molecule has 2 aromatic rings. The molecule has 1 atom stereocenters. The lowest BCUT2D eigenvalue weighted by molar-refractivity contribution is -0.0328. The monoisotopic (exact) mass is 370 g/mol. The van der Waals surface area contributed by atoms with Crippen LogP contribution in [0.3, 0.4) is 0 Å². The molecule has 0 spiro atoms. The molecule has 0 aliphatic heterocycles. The maximum absolute atomic E-state index is 12.3.